The average molecular weight is 271 g/mol. The normalized spacial score (nSPS) is 10.4. The molecule has 1 N–H and O–H groups in total. The number of aliphatic hydroxyl groups excluding tert-OH is 1. The Morgan fingerprint density at radius 1 is 1.11 bits per heavy atom. The van der Waals surface area contributed by atoms with E-state index in [1.165, 1.54) is 30.3 Å². The highest BCUT2D eigenvalue weighted by Gasteiger charge is 2.11. The SMILES string of the molecule is OCc1cccc(F)c1Oc1ccc(F)c(Cl)c1. The van der Waals surface area contributed by atoms with Crippen LogP contribution in [0.25, 0.3) is 0 Å². The first-order valence-electron chi connectivity index (χ1n) is 5.13. The molecule has 0 fully saturated rings. The molecule has 0 saturated carbocycles. The van der Waals surface area contributed by atoms with Gasteiger partial charge in [0, 0.05) is 11.6 Å². The van der Waals surface area contributed by atoms with Crippen LogP contribution in [0.1, 0.15) is 5.56 Å². The molecular weight excluding hydrogens is 262 g/mol. The fourth-order valence-corrected chi connectivity index (χ4v) is 1.62. The summed E-state index contributed by atoms with van der Waals surface area (Å²) in [6.45, 7) is -0.359. The molecule has 2 aromatic carbocycles. The Labute approximate surface area is 107 Å². The van der Waals surface area contributed by atoms with Gasteiger partial charge in [0.15, 0.2) is 11.6 Å². The molecule has 18 heavy (non-hydrogen) atoms. The Balaban J connectivity index is 2.36. The van der Waals surface area contributed by atoms with Crippen molar-refractivity contribution in [2.24, 2.45) is 0 Å². The molecule has 5 heteroatoms. The van der Waals surface area contributed by atoms with Gasteiger partial charge in [-0.15, -0.1) is 0 Å². The van der Waals surface area contributed by atoms with Crippen LogP contribution in [0.2, 0.25) is 5.02 Å². The smallest absolute Gasteiger partial charge is 0.168 e. The predicted octanol–water partition coefficient (Wildman–Crippen LogP) is 3.90. The zero-order valence-corrected chi connectivity index (χ0v) is 9.92. The van der Waals surface area contributed by atoms with Gasteiger partial charge >= 0.3 is 0 Å². The third-order valence-electron chi connectivity index (χ3n) is 2.33. The van der Waals surface area contributed by atoms with Crippen molar-refractivity contribution in [3.63, 3.8) is 0 Å². The molecule has 0 aliphatic heterocycles. The van der Waals surface area contributed by atoms with E-state index in [0.29, 0.717) is 5.56 Å². The molecular formula is C13H9ClF2O2. The lowest BCUT2D eigenvalue weighted by atomic mass is 10.2. The largest absolute Gasteiger partial charge is 0.454 e. The van der Waals surface area contributed by atoms with Gasteiger partial charge in [-0.25, -0.2) is 8.78 Å². The van der Waals surface area contributed by atoms with Crippen molar-refractivity contribution in [1.82, 2.24) is 0 Å². The van der Waals surface area contributed by atoms with E-state index in [0.717, 1.165) is 6.07 Å². The van der Waals surface area contributed by atoms with Crippen LogP contribution in [0.5, 0.6) is 11.5 Å². The van der Waals surface area contributed by atoms with E-state index in [1.54, 1.807) is 0 Å². The Kier molecular flexibility index (Phi) is 3.79. The third kappa shape index (κ3) is 2.60. The van der Waals surface area contributed by atoms with Gasteiger partial charge in [-0.2, -0.15) is 0 Å². The zero-order valence-electron chi connectivity index (χ0n) is 9.16. The molecule has 94 valence electrons. The Morgan fingerprint density at radius 2 is 1.89 bits per heavy atom. The molecule has 0 aliphatic rings. The summed E-state index contributed by atoms with van der Waals surface area (Å²) >= 11 is 5.60. The maximum atomic E-state index is 13.6. The van der Waals surface area contributed by atoms with Crippen LogP contribution < -0.4 is 4.74 Å². The number of benzene rings is 2. The second kappa shape index (κ2) is 5.33. The van der Waals surface area contributed by atoms with Gasteiger partial charge in [-0.05, 0) is 18.2 Å². The van der Waals surface area contributed by atoms with Gasteiger partial charge < -0.3 is 9.84 Å². The standard InChI is InChI=1S/C13H9ClF2O2/c14-10-6-9(4-5-11(10)15)18-13-8(7-17)2-1-3-12(13)16/h1-6,17H,7H2. The molecule has 0 amide bonds. The lowest BCUT2D eigenvalue weighted by molar-refractivity contribution is 0.274. The minimum Gasteiger partial charge on any atom is -0.454 e. The Hall–Kier alpha value is -1.65. The molecule has 0 aromatic heterocycles. The topological polar surface area (TPSA) is 29.5 Å². The van der Waals surface area contributed by atoms with Crippen molar-refractivity contribution in [3.05, 3.63) is 58.6 Å². The van der Waals surface area contributed by atoms with Crippen molar-refractivity contribution in [1.29, 1.82) is 0 Å². The molecule has 0 heterocycles. The average Bonchev–Trinajstić information content (AvgIpc) is 2.36. The molecule has 0 unspecified atom stereocenters. The quantitative estimate of drug-likeness (QED) is 0.916. The summed E-state index contributed by atoms with van der Waals surface area (Å²) in [5, 5.41) is 8.97. The summed E-state index contributed by atoms with van der Waals surface area (Å²) in [7, 11) is 0. The summed E-state index contributed by atoms with van der Waals surface area (Å²) in [6.07, 6.45) is 0. The van der Waals surface area contributed by atoms with Gasteiger partial charge in [0.05, 0.1) is 11.6 Å². The Morgan fingerprint density at radius 3 is 2.56 bits per heavy atom. The summed E-state index contributed by atoms with van der Waals surface area (Å²) in [6, 6.07) is 7.89. The highest BCUT2D eigenvalue weighted by molar-refractivity contribution is 6.30. The molecule has 0 radical (unpaired) electrons. The number of hydrogen-bond acceptors (Lipinski definition) is 2. The van der Waals surface area contributed by atoms with Gasteiger partial charge in [0.2, 0.25) is 0 Å². The fraction of sp³-hybridized carbons (Fsp3) is 0.0769. The molecule has 0 saturated heterocycles. The number of ether oxygens (including phenoxy) is 1. The van der Waals surface area contributed by atoms with Gasteiger partial charge in [0.25, 0.3) is 0 Å². The van der Waals surface area contributed by atoms with Crippen LogP contribution in [0.15, 0.2) is 36.4 Å². The number of rotatable bonds is 3. The van der Waals surface area contributed by atoms with E-state index >= 15 is 0 Å². The number of hydrogen-bond donors (Lipinski definition) is 1. The zero-order chi connectivity index (χ0) is 13.1. The number of aliphatic hydroxyl groups is 1. The lowest BCUT2D eigenvalue weighted by Crippen LogP contribution is -1.95. The molecule has 0 aliphatic carbocycles. The number of halogens is 3. The highest BCUT2D eigenvalue weighted by atomic mass is 35.5. The van der Waals surface area contributed by atoms with Gasteiger partial charge in [0.1, 0.15) is 11.6 Å². The second-order valence-electron chi connectivity index (χ2n) is 3.56. The van der Waals surface area contributed by atoms with E-state index in [-0.39, 0.29) is 23.1 Å². The van der Waals surface area contributed by atoms with Gasteiger partial charge in [-0.1, -0.05) is 23.7 Å². The maximum absolute atomic E-state index is 13.6. The summed E-state index contributed by atoms with van der Waals surface area (Å²) in [4.78, 5) is 0. The van der Waals surface area contributed by atoms with E-state index in [9.17, 15) is 8.78 Å². The van der Waals surface area contributed by atoms with Gasteiger partial charge in [-0.3, -0.25) is 0 Å². The van der Waals surface area contributed by atoms with Crippen LogP contribution in [0, 0.1) is 11.6 Å². The maximum Gasteiger partial charge on any atom is 0.168 e. The Bertz CT molecular complexity index is 573. The van der Waals surface area contributed by atoms with Crippen molar-refractivity contribution in [3.8, 4) is 11.5 Å². The molecule has 2 aromatic rings. The van der Waals surface area contributed by atoms with Crippen molar-refractivity contribution >= 4 is 11.6 Å². The summed E-state index contributed by atoms with van der Waals surface area (Å²) < 4.78 is 31.8. The molecule has 0 bridgehead atoms. The first kappa shape index (κ1) is 12.8. The number of para-hydroxylation sites is 1. The van der Waals surface area contributed by atoms with E-state index in [4.69, 9.17) is 21.4 Å². The van der Waals surface area contributed by atoms with E-state index < -0.39 is 11.6 Å². The lowest BCUT2D eigenvalue weighted by Gasteiger charge is -2.10. The fourth-order valence-electron chi connectivity index (χ4n) is 1.45. The highest BCUT2D eigenvalue weighted by Crippen LogP contribution is 2.30. The van der Waals surface area contributed by atoms with Crippen molar-refractivity contribution in [2.45, 2.75) is 6.61 Å². The van der Waals surface area contributed by atoms with Crippen LogP contribution in [-0.4, -0.2) is 5.11 Å². The summed E-state index contributed by atoms with van der Waals surface area (Å²) in [5.41, 5.74) is 0.301. The van der Waals surface area contributed by atoms with Crippen LogP contribution >= 0.6 is 11.6 Å². The molecule has 0 atom stereocenters. The molecule has 2 nitrogen and oxygen atoms in total. The first-order chi connectivity index (χ1) is 8.61. The minimum atomic E-state index is -0.609. The van der Waals surface area contributed by atoms with Crippen molar-refractivity contribution in [2.75, 3.05) is 0 Å². The molecule has 0 spiro atoms. The third-order valence-corrected chi connectivity index (χ3v) is 2.62. The first-order valence-corrected chi connectivity index (χ1v) is 5.50. The monoisotopic (exact) mass is 270 g/mol. The van der Waals surface area contributed by atoms with E-state index in [2.05, 4.69) is 0 Å². The predicted molar refractivity (Wildman–Crippen MR) is 63.8 cm³/mol. The van der Waals surface area contributed by atoms with Crippen LogP contribution in [0.3, 0.4) is 0 Å². The molecule has 2 rings (SSSR count). The van der Waals surface area contributed by atoms with Crippen molar-refractivity contribution < 1.29 is 18.6 Å². The minimum absolute atomic E-state index is 0.0947. The second-order valence-corrected chi connectivity index (χ2v) is 3.97. The summed E-state index contributed by atoms with van der Waals surface area (Å²) in [5.74, 6) is -1.09. The van der Waals surface area contributed by atoms with Crippen LogP contribution in [0.4, 0.5) is 8.78 Å². The van der Waals surface area contributed by atoms with Crippen LogP contribution in [-0.2, 0) is 6.61 Å². The van der Waals surface area contributed by atoms with E-state index in [1.807, 2.05) is 0 Å².